The minimum atomic E-state index is -0.325. The van der Waals surface area contributed by atoms with Gasteiger partial charge in [0.2, 0.25) is 0 Å². The number of fused-ring (bicyclic) bond motifs is 1. The van der Waals surface area contributed by atoms with Crippen molar-refractivity contribution in [1.82, 2.24) is 9.88 Å². The number of β-amino-alcohol motifs (C(OH)–C–C–N with tert-alkyl or cyclic N) is 1. The fourth-order valence-electron chi connectivity index (χ4n) is 3.68. The Morgan fingerprint density at radius 3 is 2.62 bits per heavy atom. The number of nitrogens with zero attached hydrogens (tertiary/aromatic N) is 3. The van der Waals surface area contributed by atoms with Crippen molar-refractivity contribution in [1.29, 1.82) is 0 Å². The summed E-state index contributed by atoms with van der Waals surface area (Å²) in [6.45, 7) is 10.5. The summed E-state index contributed by atoms with van der Waals surface area (Å²) >= 11 is 0. The van der Waals surface area contributed by atoms with E-state index in [9.17, 15) is 4.79 Å². The molecule has 0 atom stereocenters. The van der Waals surface area contributed by atoms with E-state index in [1.807, 2.05) is 6.92 Å². The van der Waals surface area contributed by atoms with E-state index >= 15 is 0 Å². The second kappa shape index (κ2) is 8.01. The minimum Gasteiger partial charge on any atom is -0.462 e. The fourth-order valence-corrected chi connectivity index (χ4v) is 3.68. The highest BCUT2D eigenvalue weighted by Crippen LogP contribution is 2.33. The van der Waals surface area contributed by atoms with Crippen LogP contribution >= 0.6 is 0 Å². The molecule has 1 N–H and O–H groups in total. The van der Waals surface area contributed by atoms with Gasteiger partial charge in [-0.1, -0.05) is 11.6 Å². The molecule has 6 nitrogen and oxygen atoms in total. The molecule has 0 bridgehead atoms. The lowest BCUT2D eigenvalue weighted by molar-refractivity contribution is 0.0526. The molecular weight excluding hydrogens is 330 g/mol. The van der Waals surface area contributed by atoms with Gasteiger partial charge in [-0.2, -0.15) is 0 Å². The summed E-state index contributed by atoms with van der Waals surface area (Å²) in [5, 5.41) is 10.2. The minimum absolute atomic E-state index is 0.171. The number of anilines is 1. The summed E-state index contributed by atoms with van der Waals surface area (Å²) in [4.78, 5) is 21.6. The van der Waals surface area contributed by atoms with Gasteiger partial charge in [0.25, 0.3) is 0 Å². The monoisotopic (exact) mass is 357 g/mol. The third-order valence-electron chi connectivity index (χ3n) is 4.88. The smallest absolute Gasteiger partial charge is 0.341 e. The standard InChI is InChI=1S/C20H27N3O3/c1-4-26-20(25)17-13-21-18-15(3)11-14(2)12-16(18)19(17)23-7-5-22(6-8-23)9-10-24/h11-13,24H,4-10H2,1-3H3. The van der Waals surface area contributed by atoms with E-state index in [1.165, 1.54) is 0 Å². The van der Waals surface area contributed by atoms with Gasteiger partial charge in [0.15, 0.2) is 0 Å². The van der Waals surface area contributed by atoms with E-state index in [0.717, 1.165) is 53.9 Å². The van der Waals surface area contributed by atoms with Crippen molar-refractivity contribution in [2.24, 2.45) is 0 Å². The molecule has 1 saturated heterocycles. The molecule has 0 saturated carbocycles. The molecule has 1 aliphatic heterocycles. The number of benzene rings is 1. The van der Waals surface area contributed by atoms with Crippen LogP contribution in [0.1, 0.15) is 28.4 Å². The maximum Gasteiger partial charge on any atom is 0.341 e. The number of piperazine rings is 1. The SMILES string of the molecule is CCOC(=O)c1cnc2c(C)cc(C)cc2c1N1CCN(CCO)CC1. The highest BCUT2D eigenvalue weighted by atomic mass is 16.5. The number of ether oxygens (including phenoxy) is 1. The maximum absolute atomic E-state index is 12.6. The van der Waals surface area contributed by atoms with Gasteiger partial charge in [0.05, 0.1) is 24.4 Å². The Bertz CT molecular complexity index is 798. The summed E-state index contributed by atoms with van der Waals surface area (Å²) in [6.07, 6.45) is 1.65. The van der Waals surface area contributed by atoms with Crippen LogP contribution in [0.3, 0.4) is 0 Å². The maximum atomic E-state index is 12.6. The lowest BCUT2D eigenvalue weighted by atomic mass is 10.0. The van der Waals surface area contributed by atoms with E-state index in [1.54, 1.807) is 6.20 Å². The second-order valence-corrected chi connectivity index (χ2v) is 6.77. The highest BCUT2D eigenvalue weighted by Gasteiger charge is 2.25. The zero-order valence-electron chi connectivity index (χ0n) is 15.8. The van der Waals surface area contributed by atoms with Gasteiger partial charge in [-0.25, -0.2) is 4.79 Å². The average Bonchev–Trinajstić information content (AvgIpc) is 2.62. The zero-order valence-corrected chi connectivity index (χ0v) is 15.8. The van der Waals surface area contributed by atoms with Gasteiger partial charge in [-0.05, 0) is 32.4 Å². The van der Waals surface area contributed by atoms with Crippen molar-refractivity contribution in [2.75, 3.05) is 50.8 Å². The Hall–Kier alpha value is -2.18. The van der Waals surface area contributed by atoms with Crippen molar-refractivity contribution in [2.45, 2.75) is 20.8 Å². The van der Waals surface area contributed by atoms with Crippen LogP contribution in [0.4, 0.5) is 5.69 Å². The molecule has 0 spiro atoms. The van der Waals surface area contributed by atoms with Crippen molar-refractivity contribution in [3.05, 3.63) is 35.0 Å². The Morgan fingerprint density at radius 1 is 1.23 bits per heavy atom. The van der Waals surface area contributed by atoms with Crippen LogP contribution in [0.2, 0.25) is 0 Å². The molecule has 140 valence electrons. The van der Waals surface area contributed by atoms with Gasteiger partial charge < -0.3 is 14.7 Å². The Balaban J connectivity index is 2.07. The summed E-state index contributed by atoms with van der Waals surface area (Å²) < 4.78 is 5.28. The van der Waals surface area contributed by atoms with E-state index < -0.39 is 0 Å². The molecule has 3 rings (SSSR count). The molecular formula is C20H27N3O3. The molecule has 2 aromatic rings. The first-order valence-corrected chi connectivity index (χ1v) is 9.20. The van der Waals surface area contributed by atoms with E-state index in [4.69, 9.17) is 9.84 Å². The number of aryl methyl sites for hydroxylation is 2. The number of pyridine rings is 1. The Kier molecular flexibility index (Phi) is 5.74. The van der Waals surface area contributed by atoms with Crippen molar-refractivity contribution < 1.29 is 14.6 Å². The van der Waals surface area contributed by atoms with Crippen molar-refractivity contribution in [3.63, 3.8) is 0 Å². The lowest BCUT2D eigenvalue weighted by Gasteiger charge is -2.37. The van der Waals surface area contributed by atoms with E-state index in [2.05, 4.69) is 40.8 Å². The number of aliphatic hydroxyl groups is 1. The summed E-state index contributed by atoms with van der Waals surface area (Å²) in [5.74, 6) is -0.325. The first kappa shape index (κ1) is 18.6. The average molecular weight is 357 g/mol. The van der Waals surface area contributed by atoms with E-state index in [-0.39, 0.29) is 12.6 Å². The van der Waals surface area contributed by atoms with Gasteiger partial charge in [0, 0.05) is 44.3 Å². The van der Waals surface area contributed by atoms with Crippen LogP contribution in [0.15, 0.2) is 18.3 Å². The molecule has 1 fully saturated rings. The fraction of sp³-hybridized carbons (Fsp3) is 0.500. The summed E-state index contributed by atoms with van der Waals surface area (Å²) in [6, 6.07) is 4.22. The normalized spacial score (nSPS) is 15.5. The molecule has 1 aromatic heterocycles. The molecule has 0 amide bonds. The van der Waals surface area contributed by atoms with Crippen molar-refractivity contribution in [3.8, 4) is 0 Å². The van der Waals surface area contributed by atoms with Gasteiger partial charge in [0.1, 0.15) is 5.56 Å². The first-order chi connectivity index (χ1) is 12.5. The van der Waals surface area contributed by atoms with Crippen LogP contribution in [-0.4, -0.2) is 66.9 Å². The number of esters is 1. The van der Waals surface area contributed by atoms with Gasteiger partial charge >= 0.3 is 5.97 Å². The summed E-state index contributed by atoms with van der Waals surface area (Å²) in [5.41, 5.74) is 4.63. The number of carbonyl (C=O) groups is 1. The predicted molar refractivity (Wildman–Crippen MR) is 103 cm³/mol. The topological polar surface area (TPSA) is 65.9 Å². The number of hydrogen-bond acceptors (Lipinski definition) is 6. The van der Waals surface area contributed by atoms with Crippen molar-refractivity contribution >= 4 is 22.6 Å². The molecule has 0 aliphatic carbocycles. The van der Waals surface area contributed by atoms with Crippen LogP contribution < -0.4 is 4.90 Å². The lowest BCUT2D eigenvalue weighted by Crippen LogP contribution is -2.47. The third kappa shape index (κ3) is 3.66. The Labute approximate surface area is 154 Å². The van der Waals surface area contributed by atoms with E-state index in [0.29, 0.717) is 18.7 Å². The Morgan fingerprint density at radius 2 is 1.96 bits per heavy atom. The number of aromatic nitrogens is 1. The predicted octanol–water partition coefficient (Wildman–Crippen LogP) is 2.14. The van der Waals surface area contributed by atoms with Gasteiger partial charge in [-0.15, -0.1) is 0 Å². The molecule has 2 heterocycles. The molecule has 0 radical (unpaired) electrons. The molecule has 1 aliphatic rings. The van der Waals surface area contributed by atoms with Crippen LogP contribution in [0, 0.1) is 13.8 Å². The largest absolute Gasteiger partial charge is 0.462 e. The second-order valence-electron chi connectivity index (χ2n) is 6.77. The number of rotatable bonds is 5. The molecule has 6 heteroatoms. The quantitative estimate of drug-likeness (QED) is 0.827. The number of carbonyl (C=O) groups excluding carboxylic acids is 1. The summed E-state index contributed by atoms with van der Waals surface area (Å²) in [7, 11) is 0. The molecule has 26 heavy (non-hydrogen) atoms. The van der Waals surface area contributed by atoms with Crippen LogP contribution in [0.5, 0.6) is 0 Å². The van der Waals surface area contributed by atoms with Crippen LogP contribution in [-0.2, 0) is 4.74 Å². The third-order valence-corrected chi connectivity index (χ3v) is 4.88. The van der Waals surface area contributed by atoms with Gasteiger partial charge in [-0.3, -0.25) is 9.88 Å². The highest BCUT2D eigenvalue weighted by molar-refractivity contribution is 6.06. The van der Waals surface area contributed by atoms with Crippen LogP contribution in [0.25, 0.3) is 10.9 Å². The number of hydrogen-bond donors (Lipinski definition) is 1. The molecule has 0 unspecified atom stereocenters. The zero-order chi connectivity index (χ0) is 18.7. The first-order valence-electron chi connectivity index (χ1n) is 9.20. The number of aliphatic hydroxyl groups excluding tert-OH is 1. The molecule has 1 aromatic carbocycles.